The lowest BCUT2D eigenvalue weighted by atomic mass is 9.77. The number of rotatable bonds is 5. The number of amides is 1. The molecule has 1 atom stereocenters. The van der Waals surface area contributed by atoms with Crippen LogP contribution in [-0.2, 0) is 9.59 Å². The Morgan fingerprint density at radius 1 is 1.10 bits per heavy atom. The maximum atomic E-state index is 13.3. The molecule has 2 aliphatic rings. The van der Waals surface area contributed by atoms with E-state index in [0.717, 1.165) is 5.56 Å². The van der Waals surface area contributed by atoms with Gasteiger partial charge in [-0.2, -0.15) is 0 Å². The summed E-state index contributed by atoms with van der Waals surface area (Å²) < 4.78 is 5.75. The van der Waals surface area contributed by atoms with Gasteiger partial charge in [0.1, 0.15) is 11.4 Å². The van der Waals surface area contributed by atoms with Crippen LogP contribution in [0.15, 0.2) is 59.8 Å². The van der Waals surface area contributed by atoms with Gasteiger partial charge in [-0.1, -0.05) is 30.3 Å². The number of nitro benzene ring substituents is 1. The van der Waals surface area contributed by atoms with Gasteiger partial charge < -0.3 is 4.74 Å². The van der Waals surface area contributed by atoms with E-state index in [1.165, 1.54) is 11.0 Å². The summed E-state index contributed by atoms with van der Waals surface area (Å²) in [5.41, 5.74) is 2.02. The highest BCUT2D eigenvalue weighted by Crippen LogP contribution is 2.46. The molecule has 0 fully saturated rings. The molecule has 1 unspecified atom stereocenters. The number of anilines is 1. The summed E-state index contributed by atoms with van der Waals surface area (Å²) in [4.78, 5) is 38.8. The SMILES string of the molecule is CCOc1ccccc1C1CC(=O)N(c2ccccc2[N+](=O)[O-])C2=C1C(=O)CCC2. The van der Waals surface area contributed by atoms with Gasteiger partial charge in [0.2, 0.25) is 5.91 Å². The van der Waals surface area contributed by atoms with Crippen LogP contribution in [0.4, 0.5) is 11.4 Å². The molecule has 1 aliphatic heterocycles. The van der Waals surface area contributed by atoms with E-state index >= 15 is 0 Å². The van der Waals surface area contributed by atoms with Gasteiger partial charge in [0, 0.05) is 41.7 Å². The topological polar surface area (TPSA) is 89.8 Å². The number of carbonyl (C=O) groups is 2. The van der Waals surface area contributed by atoms with Gasteiger partial charge in [0.05, 0.1) is 11.5 Å². The fraction of sp³-hybridized carbons (Fsp3) is 0.304. The molecule has 0 spiro atoms. The second-order valence-electron chi connectivity index (χ2n) is 7.34. The second-order valence-corrected chi connectivity index (χ2v) is 7.34. The number of allylic oxidation sites excluding steroid dienone is 2. The maximum absolute atomic E-state index is 13.3. The van der Waals surface area contributed by atoms with Crippen molar-refractivity contribution in [1.29, 1.82) is 0 Å². The quantitative estimate of drug-likeness (QED) is 0.538. The van der Waals surface area contributed by atoms with Crippen molar-refractivity contribution in [2.24, 2.45) is 0 Å². The Morgan fingerprint density at radius 2 is 1.83 bits per heavy atom. The average Bonchev–Trinajstić information content (AvgIpc) is 2.74. The van der Waals surface area contributed by atoms with E-state index in [4.69, 9.17) is 4.74 Å². The highest BCUT2D eigenvalue weighted by molar-refractivity contribution is 6.08. The molecule has 1 heterocycles. The predicted octanol–water partition coefficient (Wildman–Crippen LogP) is 4.52. The van der Waals surface area contributed by atoms with Crippen molar-refractivity contribution in [2.75, 3.05) is 11.5 Å². The third kappa shape index (κ3) is 3.36. The minimum atomic E-state index is -0.496. The molecule has 0 saturated heterocycles. The molecule has 7 heteroatoms. The fourth-order valence-corrected chi connectivity index (χ4v) is 4.40. The number of hydrogen-bond acceptors (Lipinski definition) is 5. The zero-order chi connectivity index (χ0) is 21.3. The Balaban J connectivity index is 1.90. The van der Waals surface area contributed by atoms with E-state index in [1.807, 2.05) is 31.2 Å². The number of ether oxygens (including phenoxy) is 1. The zero-order valence-corrected chi connectivity index (χ0v) is 16.7. The molecule has 1 amide bonds. The van der Waals surface area contributed by atoms with Crippen LogP contribution in [0.5, 0.6) is 5.75 Å². The number of carbonyl (C=O) groups excluding carboxylic acids is 2. The maximum Gasteiger partial charge on any atom is 0.293 e. The summed E-state index contributed by atoms with van der Waals surface area (Å²) in [7, 11) is 0. The predicted molar refractivity (Wildman–Crippen MR) is 111 cm³/mol. The first-order chi connectivity index (χ1) is 14.5. The Kier molecular flexibility index (Phi) is 5.35. The minimum Gasteiger partial charge on any atom is -0.494 e. The van der Waals surface area contributed by atoms with Crippen LogP contribution in [0.1, 0.15) is 44.1 Å². The Labute approximate surface area is 174 Å². The molecule has 7 nitrogen and oxygen atoms in total. The molecule has 2 aromatic rings. The van der Waals surface area contributed by atoms with E-state index in [0.29, 0.717) is 42.9 Å². The Hall–Kier alpha value is -3.48. The van der Waals surface area contributed by atoms with Crippen LogP contribution < -0.4 is 9.64 Å². The molecule has 1 aliphatic carbocycles. The molecule has 0 N–H and O–H groups in total. The molecule has 30 heavy (non-hydrogen) atoms. The van der Waals surface area contributed by atoms with Crippen molar-refractivity contribution < 1.29 is 19.2 Å². The van der Waals surface area contributed by atoms with Crippen molar-refractivity contribution in [3.05, 3.63) is 75.5 Å². The van der Waals surface area contributed by atoms with Gasteiger partial charge in [-0.3, -0.25) is 24.6 Å². The number of nitro groups is 1. The highest BCUT2D eigenvalue weighted by atomic mass is 16.6. The van der Waals surface area contributed by atoms with Crippen molar-refractivity contribution in [2.45, 2.75) is 38.5 Å². The Morgan fingerprint density at radius 3 is 2.60 bits per heavy atom. The molecular formula is C23H22N2O5. The zero-order valence-electron chi connectivity index (χ0n) is 16.7. The largest absolute Gasteiger partial charge is 0.494 e. The number of hydrogen-bond donors (Lipinski definition) is 0. The van der Waals surface area contributed by atoms with Crippen LogP contribution in [0.25, 0.3) is 0 Å². The van der Waals surface area contributed by atoms with Gasteiger partial charge in [-0.05, 0) is 31.9 Å². The monoisotopic (exact) mass is 406 g/mol. The molecule has 0 aromatic heterocycles. The molecule has 0 bridgehead atoms. The fourth-order valence-electron chi connectivity index (χ4n) is 4.40. The van der Waals surface area contributed by atoms with Crippen molar-refractivity contribution >= 4 is 23.1 Å². The summed E-state index contributed by atoms with van der Waals surface area (Å²) in [5, 5.41) is 11.6. The van der Waals surface area contributed by atoms with E-state index < -0.39 is 10.8 Å². The number of Topliss-reactive ketones (excluding diaryl/α,β-unsaturated/α-hetero) is 1. The molecule has 4 rings (SSSR count). The van der Waals surface area contributed by atoms with Gasteiger partial charge in [-0.15, -0.1) is 0 Å². The summed E-state index contributed by atoms with van der Waals surface area (Å²) in [6, 6.07) is 13.6. The standard InChI is InChI=1S/C23H22N2O5/c1-2-30-21-13-6-3-8-15(21)16-14-22(27)24(19-11-7-12-20(26)23(16)19)17-9-4-5-10-18(17)25(28)29/h3-6,8-10,13,16H,2,7,11-12,14H2,1H3. The molecule has 154 valence electrons. The van der Waals surface area contributed by atoms with Crippen LogP contribution >= 0.6 is 0 Å². The van der Waals surface area contributed by atoms with Crippen LogP contribution in [-0.4, -0.2) is 23.2 Å². The summed E-state index contributed by atoms with van der Waals surface area (Å²) in [6.45, 7) is 2.36. The third-order valence-corrected chi connectivity index (χ3v) is 5.59. The van der Waals surface area contributed by atoms with Gasteiger partial charge in [0.25, 0.3) is 5.69 Å². The minimum absolute atomic E-state index is 0.0105. The Bertz CT molecular complexity index is 1060. The van der Waals surface area contributed by atoms with Gasteiger partial charge in [0.15, 0.2) is 5.78 Å². The average molecular weight is 406 g/mol. The van der Waals surface area contributed by atoms with Crippen molar-refractivity contribution in [1.82, 2.24) is 0 Å². The lowest BCUT2D eigenvalue weighted by molar-refractivity contribution is -0.384. The number of ketones is 1. The first-order valence-electron chi connectivity index (χ1n) is 10.1. The first-order valence-corrected chi connectivity index (χ1v) is 10.1. The molecule has 0 radical (unpaired) electrons. The van der Waals surface area contributed by atoms with Gasteiger partial charge >= 0.3 is 0 Å². The smallest absolute Gasteiger partial charge is 0.293 e. The van der Waals surface area contributed by atoms with Crippen LogP contribution in [0.2, 0.25) is 0 Å². The molecule has 2 aromatic carbocycles. The number of para-hydroxylation sites is 3. The van der Waals surface area contributed by atoms with E-state index in [1.54, 1.807) is 18.2 Å². The summed E-state index contributed by atoms with van der Waals surface area (Å²) >= 11 is 0. The molecular weight excluding hydrogens is 384 g/mol. The first kappa shape index (κ1) is 19.8. The lowest BCUT2D eigenvalue weighted by Gasteiger charge is -2.38. The van der Waals surface area contributed by atoms with Gasteiger partial charge in [-0.25, -0.2) is 0 Å². The third-order valence-electron chi connectivity index (χ3n) is 5.59. The van der Waals surface area contributed by atoms with E-state index in [-0.39, 0.29) is 29.5 Å². The summed E-state index contributed by atoms with van der Waals surface area (Å²) in [6.07, 6.45) is 1.60. The second kappa shape index (κ2) is 8.10. The lowest BCUT2D eigenvalue weighted by Crippen LogP contribution is -2.40. The number of nitrogens with zero attached hydrogens (tertiary/aromatic N) is 2. The van der Waals surface area contributed by atoms with Crippen molar-refractivity contribution in [3.8, 4) is 5.75 Å². The van der Waals surface area contributed by atoms with E-state index in [2.05, 4.69) is 0 Å². The number of benzene rings is 2. The van der Waals surface area contributed by atoms with Crippen LogP contribution in [0, 0.1) is 10.1 Å². The van der Waals surface area contributed by atoms with E-state index in [9.17, 15) is 19.7 Å². The van der Waals surface area contributed by atoms with Crippen LogP contribution in [0.3, 0.4) is 0 Å². The normalized spacial score (nSPS) is 19.0. The molecule has 0 saturated carbocycles. The summed E-state index contributed by atoms with van der Waals surface area (Å²) in [5.74, 6) is -0.0260. The van der Waals surface area contributed by atoms with Crippen molar-refractivity contribution in [3.63, 3.8) is 0 Å². The highest BCUT2D eigenvalue weighted by Gasteiger charge is 2.42.